The van der Waals surface area contributed by atoms with Crippen LogP contribution < -0.4 is 0 Å². The number of benzene rings is 2. The van der Waals surface area contributed by atoms with Crippen LogP contribution in [0.25, 0.3) is 5.57 Å². The highest BCUT2D eigenvalue weighted by Gasteiger charge is 2.46. The number of carbonyl (C=O) groups excluding carboxylic acids is 1. The SMILES string of the molecule is CN(C(=O)N1CC(c2cc(F)ccc2F)=CC1(CO)c1ccccc1)C1CCOCC1. The molecule has 0 saturated carbocycles. The molecule has 2 amide bonds. The lowest BCUT2D eigenvalue weighted by molar-refractivity contribution is 0.0355. The first kappa shape index (κ1) is 21.5. The van der Waals surface area contributed by atoms with Crippen molar-refractivity contribution in [2.45, 2.75) is 24.4 Å². The first-order valence-corrected chi connectivity index (χ1v) is 10.4. The molecule has 2 aliphatic rings. The van der Waals surface area contributed by atoms with Crippen molar-refractivity contribution in [3.8, 4) is 0 Å². The summed E-state index contributed by atoms with van der Waals surface area (Å²) in [5.41, 5.74) is 0.0886. The molecule has 0 bridgehead atoms. The zero-order valence-electron chi connectivity index (χ0n) is 17.4. The van der Waals surface area contributed by atoms with Gasteiger partial charge in [0.25, 0.3) is 0 Å². The van der Waals surface area contributed by atoms with E-state index in [2.05, 4.69) is 0 Å². The predicted molar refractivity (Wildman–Crippen MR) is 113 cm³/mol. The second-order valence-electron chi connectivity index (χ2n) is 8.07. The zero-order valence-corrected chi connectivity index (χ0v) is 17.4. The van der Waals surface area contributed by atoms with Gasteiger partial charge in [-0.15, -0.1) is 0 Å². The molecule has 2 aromatic carbocycles. The Morgan fingerprint density at radius 1 is 1.19 bits per heavy atom. The van der Waals surface area contributed by atoms with Gasteiger partial charge in [0.05, 0.1) is 6.61 Å². The first-order chi connectivity index (χ1) is 15.0. The van der Waals surface area contributed by atoms with Crippen molar-refractivity contribution in [1.29, 1.82) is 0 Å². The molecule has 0 aliphatic carbocycles. The van der Waals surface area contributed by atoms with Gasteiger partial charge in [-0.05, 0) is 48.3 Å². The lowest BCUT2D eigenvalue weighted by Crippen LogP contribution is -2.55. The molecule has 1 unspecified atom stereocenters. The van der Waals surface area contributed by atoms with Crippen molar-refractivity contribution in [3.05, 3.63) is 77.4 Å². The zero-order chi connectivity index (χ0) is 22.0. The number of hydrogen-bond acceptors (Lipinski definition) is 3. The van der Waals surface area contributed by atoms with E-state index < -0.39 is 17.2 Å². The third kappa shape index (κ3) is 3.95. The fourth-order valence-electron chi connectivity index (χ4n) is 4.48. The minimum Gasteiger partial charge on any atom is -0.393 e. The molecule has 4 rings (SSSR count). The smallest absolute Gasteiger partial charge is 0.321 e. The van der Waals surface area contributed by atoms with E-state index in [1.807, 2.05) is 30.3 Å². The Morgan fingerprint density at radius 2 is 1.90 bits per heavy atom. The first-order valence-electron chi connectivity index (χ1n) is 10.4. The van der Waals surface area contributed by atoms with Gasteiger partial charge in [-0.25, -0.2) is 13.6 Å². The van der Waals surface area contributed by atoms with E-state index >= 15 is 0 Å². The van der Waals surface area contributed by atoms with Gasteiger partial charge in [0.2, 0.25) is 0 Å². The molecule has 0 radical (unpaired) electrons. The minimum absolute atomic E-state index is 0.0170. The summed E-state index contributed by atoms with van der Waals surface area (Å²) in [5, 5.41) is 10.5. The fourth-order valence-corrected chi connectivity index (χ4v) is 4.48. The Kier molecular flexibility index (Phi) is 6.07. The molecule has 2 aromatic rings. The topological polar surface area (TPSA) is 53.0 Å². The van der Waals surface area contributed by atoms with E-state index in [9.17, 15) is 18.7 Å². The van der Waals surface area contributed by atoms with E-state index in [0.717, 1.165) is 31.0 Å². The maximum absolute atomic E-state index is 14.6. The van der Waals surface area contributed by atoms with Crippen LogP contribution in [0.15, 0.2) is 54.6 Å². The second-order valence-corrected chi connectivity index (χ2v) is 8.07. The van der Waals surface area contributed by atoms with Gasteiger partial charge in [-0.1, -0.05) is 30.3 Å². The Bertz CT molecular complexity index is 976. The number of nitrogens with zero attached hydrogens (tertiary/aromatic N) is 2. The Balaban J connectivity index is 1.76. The van der Waals surface area contributed by atoms with Crippen LogP contribution in [-0.2, 0) is 10.3 Å². The van der Waals surface area contributed by atoms with E-state index in [4.69, 9.17) is 4.74 Å². The van der Waals surface area contributed by atoms with E-state index in [0.29, 0.717) is 24.4 Å². The van der Waals surface area contributed by atoms with Crippen molar-refractivity contribution in [3.63, 3.8) is 0 Å². The average Bonchev–Trinajstić information content (AvgIpc) is 3.21. The van der Waals surface area contributed by atoms with Gasteiger partial charge in [-0.2, -0.15) is 0 Å². The lowest BCUT2D eigenvalue weighted by atomic mass is 9.89. The summed E-state index contributed by atoms with van der Waals surface area (Å²) in [6.45, 7) is 0.848. The average molecular weight is 428 g/mol. The molecular weight excluding hydrogens is 402 g/mol. The molecular formula is C24H26F2N2O3. The summed E-state index contributed by atoms with van der Waals surface area (Å²) in [5.74, 6) is -1.13. The van der Waals surface area contributed by atoms with Crippen molar-refractivity contribution in [1.82, 2.24) is 9.80 Å². The number of aliphatic hydroxyl groups excluding tert-OH is 1. The normalized spacial score (nSPS) is 21.8. The maximum Gasteiger partial charge on any atom is 0.321 e. The molecule has 164 valence electrons. The number of hydrogen-bond donors (Lipinski definition) is 1. The predicted octanol–water partition coefficient (Wildman–Crippen LogP) is 3.78. The molecule has 2 aliphatic heterocycles. The molecule has 7 heteroatoms. The number of aliphatic hydroxyl groups is 1. The molecule has 1 atom stereocenters. The Morgan fingerprint density at radius 3 is 2.58 bits per heavy atom. The van der Waals surface area contributed by atoms with Crippen molar-refractivity contribution in [2.24, 2.45) is 0 Å². The van der Waals surface area contributed by atoms with Crippen LogP contribution in [0.1, 0.15) is 24.0 Å². The summed E-state index contributed by atoms with van der Waals surface area (Å²) in [4.78, 5) is 16.8. The number of ether oxygens (including phenoxy) is 1. The van der Waals surface area contributed by atoms with Crippen LogP contribution in [0.4, 0.5) is 13.6 Å². The molecule has 1 fully saturated rings. The molecule has 5 nitrogen and oxygen atoms in total. The van der Waals surface area contributed by atoms with Crippen LogP contribution in [0.3, 0.4) is 0 Å². The third-order valence-corrected chi connectivity index (χ3v) is 6.28. The molecule has 31 heavy (non-hydrogen) atoms. The Hall–Kier alpha value is -2.77. The highest BCUT2D eigenvalue weighted by atomic mass is 19.1. The largest absolute Gasteiger partial charge is 0.393 e. The van der Waals surface area contributed by atoms with Crippen molar-refractivity contribution < 1.29 is 23.4 Å². The lowest BCUT2D eigenvalue weighted by Gasteiger charge is -2.41. The second kappa shape index (κ2) is 8.77. The highest BCUT2D eigenvalue weighted by Crippen LogP contribution is 2.41. The van der Waals surface area contributed by atoms with Crippen LogP contribution >= 0.6 is 0 Å². The summed E-state index contributed by atoms with van der Waals surface area (Å²) in [6.07, 6.45) is 3.15. The van der Waals surface area contributed by atoms with E-state index in [1.54, 1.807) is 22.9 Å². The maximum atomic E-state index is 14.6. The van der Waals surface area contributed by atoms with Crippen LogP contribution in [0.5, 0.6) is 0 Å². The number of urea groups is 1. The highest BCUT2D eigenvalue weighted by molar-refractivity contribution is 5.83. The fraction of sp³-hybridized carbons (Fsp3) is 0.375. The molecule has 1 saturated heterocycles. The van der Waals surface area contributed by atoms with Gasteiger partial charge in [0, 0.05) is 38.4 Å². The van der Waals surface area contributed by atoms with Crippen LogP contribution in [0.2, 0.25) is 0 Å². The van der Waals surface area contributed by atoms with Crippen LogP contribution in [0, 0.1) is 11.6 Å². The van der Waals surface area contributed by atoms with Gasteiger partial charge in [0.15, 0.2) is 0 Å². The quantitative estimate of drug-likeness (QED) is 0.807. The van der Waals surface area contributed by atoms with Crippen molar-refractivity contribution >= 4 is 11.6 Å². The van der Waals surface area contributed by atoms with Crippen LogP contribution in [-0.4, -0.2) is 60.4 Å². The van der Waals surface area contributed by atoms with E-state index in [1.165, 1.54) is 0 Å². The monoisotopic (exact) mass is 428 g/mol. The molecule has 0 aromatic heterocycles. The molecule has 0 spiro atoms. The number of rotatable bonds is 4. The standard InChI is InChI=1S/C24H26F2N2O3/c1-27(20-9-11-31-12-10-20)23(30)28-15-17(21-13-19(25)7-8-22(21)26)14-24(28,16-29)18-5-3-2-4-6-18/h2-8,13-14,20,29H,9-12,15-16H2,1H3. The summed E-state index contributed by atoms with van der Waals surface area (Å²) < 4.78 is 33.8. The number of amides is 2. The van der Waals surface area contributed by atoms with Gasteiger partial charge >= 0.3 is 6.03 Å². The molecule has 1 N–H and O–H groups in total. The number of carbonyl (C=O) groups is 1. The minimum atomic E-state index is -1.17. The summed E-state index contributed by atoms with van der Waals surface area (Å²) in [7, 11) is 1.74. The summed E-state index contributed by atoms with van der Waals surface area (Å²) in [6, 6.07) is 12.2. The van der Waals surface area contributed by atoms with Crippen molar-refractivity contribution in [2.75, 3.05) is 33.4 Å². The Labute approximate surface area is 180 Å². The van der Waals surface area contributed by atoms with Gasteiger partial charge in [-0.3, -0.25) is 0 Å². The third-order valence-electron chi connectivity index (χ3n) is 6.28. The molecule has 2 heterocycles. The van der Waals surface area contributed by atoms with Gasteiger partial charge in [0.1, 0.15) is 17.2 Å². The summed E-state index contributed by atoms with van der Waals surface area (Å²) >= 11 is 0. The number of halogens is 2. The van der Waals surface area contributed by atoms with Gasteiger partial charge < -0.3 is 19.6 Å². The van der Waals surface area contributed by atoms with E-state index in [-0.39, 0.29) is 30.8 Å².